The quantitative estimate of drug-likeness (QED) is 0.610. The van der Waals surface area contributed by atoms with Gasteiger partial charge in [0.25, 0.3) is 5.91 Å². The summed E-state index contributed by atoms with van der Waals surface area (Å²) in [5.41, 5.74) is 9.33. The van der Waals surface area contributed by atoms with Gasteiger partial charge in [0, 0.05) is 17.8 Å². The van der Waals surface area contributed by atoms with Gasteiger partial charge in [-0.15, -0.1) is 0 Å². The summed E-state index contributed by atoms with van der Waals surface area (Å²) in [4.78, 5) is 12.3. The second-order valence-corrected chi connectivity index (χ2v) is 5.60. The number of para-hydroxylation sites is 2. The van der Waals surface area contributed by atoms with Gasteiger partial charge < -0.3 is 16.4 Å². The van der Waals surface area contributed by atoms with Crippen molar-refractivity contribution in [2.45, 2.75) is 6.54 Å². The molecule has 0 fully saturated rings. The number of rotatable bonds is 5. The van der Waals surface area contributed by atoms with Crippen molar-refractivity contribution in [2.24, 2.45) is 0 Å². The lowest BCUT2D eigenvalue weighted by molar-refractivity contribution is 0.102. The van der Waals surface area contributed by atoms with Crippen LogP contribution in [-0.2, 0) is 6.54 Å². The molecule has 0 aliphatic rings. The maximum Gasteiger partial charge on any atom is 0.255 e. The Kier molecular flexibility index (Phi) is 4.95. The van der Waals surface area contributed by atoms with E-state index >= 15 is 0 Å². The van der Waals surface area contributed by atoms with Crippen LogP contribution in [-0.4, -0.2) is 5.91 Å². The normalized spacial score (nSPS) is 10.3. The van der Waals surface area contributed by atoms with E-state index in [0.29, 0.717) is 23.5 Å². The first-order valence-corrected chi connectivity index (χ1v) is 7.86. The lowest BCUT2D eigenvalue weighted by Gasteiger charge is -2.09. The minimum absolute atomic E-state index is 0.219. The van der Waals surface area contributed by atoms with E-state index in [1.165, 1.54) is 12.1 Å². The molecule has 4 N–H and O–H groups in total. The highest BCUT2D eigenvalue weighted by atomic mass is 19.1. The van der Waals surface area contributed by atoms with E-state index in [1.807, 2.05) is 24.3 Å². The summed E-state index contributed by atoms with van der Waals surface area (Å²) in [5.74, 6) is -0.471. The number of hydrogen-bond acceptors (Lipinski definition) is 3. The number of nitrogens with two attached hydrogens (primary N) is 1. The molecule has 0 saturated carbocycles. The van der Waals surface area contributed by atoms with E-state index in [4.69, 9.17) is 5.73 Å². The molecule has 0 radical (unpaired) electrons. The Labute approximate surface area is 145 Å². The fourth-order valence-electron chi connectivity index (χ4n) is 2.35. The maximum atomic E-state index is 12.9. The number of amides is 1. The van der Waals surface area contributed by atoms with Crippen LogP contribution < -0.4 is 16.4 Å². The summed E-state index contributed by atoms with van der Waals surface area (Å²) in [7, 11) is 0. The number of anilines is 3. The minimum atomic E-state index is -0.252. The fraction of sp³-hybridized carbons (Fsp3) is 0.0500. The third-order valence-electron chi connectivity index (χ3n) is 3.77. The molecule has 3 aromatic carbocycles. The smallest absolute Gasteiger partial charge is 0.255 e. The summed E-state index contributed by atoms with van der Waals surface area (Å²) in [6.07, 6.45) is 0. The summed E-state index contributed by atoms with van der Waals surface area (Å²) >= 11 is 0. The van der Waals surface area contributed by atoms with E-state index in [-0.39, 0.29) is 11.7 Å². The molecule has 0 aliphatic heterocycles. The molecule has 0 aromatic heterocycles. The van der Waals surface area contributed by atoms with Gasteiger partial charge in [0.15, 0.2) is 0 Å². The molecule has 0 spiro atoms. The molecule has 126 valence electrons. The summed E-state index contributed by atoms with van der Waals surface area (Å²) in [6.45, 7) is 0.576. The van der Waals surface area contributed by atoms with Crippen molar-refractivity contribution < 1.29 is 9.18 Å². The molecule has 0 atom stereocenters. The van der Waals surface area contributed by atoms with Crippen molar-refractivity contribution in [1.29, 1.82) is 0 Å². The number of hydrogen-bond donors (Lipinski definition) is 3. The van der Waals surface area contributed by atoms with Gasteiger partial charge in [-0.2, -0.15) is 0 Å². The van der Waals surface area contributed by atoms with Crippen LogP contribution in [0.4, 0.5) is 21.5 Å². The van der Waals surface area contributed by atoms with Gasteiger partial charge in [0.05, 0.1) is 11.4 Å². The first-order chi connectivity index (χ1) is 12.1. The Bertz CT molecular complexity index is 861. The SMILES string of the molecule is Nc1ccccc1NC(=O)c1ccc(NCc2ccc(F)cc2)cc1. The molecule has 25 heavy (non-hydrogen) atoms. The standard InChI is InChI=1S/C20H18FN3O/c21-16-9-5-14(6-10-16)13-23-17-11-7-15(8-12-17)20(25)24-19-4-2-1-3-18(19)22/h1-12,23H,13,22H2,(H,24,25). The topological polar surface area (TPSA) is 67.1 Å². The van der Waals surface area contributed by atoms with Crippen molar-refractivity contribution in [1.82, 2.24) is 0 Å². The third kappa shape index (κ3) is 4.35. The Balaban J connectivity index is 1.60. The van der Waals surface area contributed by atoms with Crippen LogP contribution in [0.15, 0.2) is 72.8 Å². The molecule has 3 aromatic rings. The number of halogens is 1. The highest BCUT2D eigenvalue weighted by Crippen LogP contribution is 2.18. The van der Waals surface area contributed by atoms with Crippen molar-refractivity contribution in [2.75, 3.05) is 16.4 Å². The van der Waals surface area contributed by atoms with E-state index in [0.717, 1.165) is 11.3 Å². The second-order valence-electron chi connectivity index (χ2n) is 5.60. The van der Waals surface area contributed by atoms with E-state index in [1.54, 1.807) is 36.4 Å². The highest BCUT2D eigenvalue weighted by Gasteiger charge is 2.07. The van der Waals surface area contributed by atoms with Crippen LogP contribution in [0.2, 0.25) is 0 Å². The van der Waals surface area contributed by atoms with Crippen LogP contribution >= 0.6 is 0 Å². The van der Waals surface area contributed by atoms with Crippen LogP contribution in [0.25, 0.3) is 0 Å². The maximum absolute atomic E-state index is 12.9. The molecule has 4 nitrogen and oxygen atoms in total. The van der Waals surface area contributed by atoms with E-state index in [9.17, 15) is 9.18 Å². The molecule has 0 unspecified atom stereocenters. The lowest BCUT2D eigenvalue weighted by Crippen LogP contribution is -2.13. The number of nitrogens with one attached hydrogen (secondary N) is 2. The van der Waals surface area contributed by atoms with E-state index < -0.39 is 0 Å². The first kappa shape index (κ1) is 16.5. The van der Waals surface area contributed by atoms with Crippen LogP contribution in [0.3, 0.4) is 0 Å². The average Bonchev–Trinajstić information content (AvgIpc) is 2.63. The predicted octanol–water partition coefficient (Wildman–Crippen LogP) is 4.27. The molecular weight excluding hydrogens is 317 g/mol. The van der Waals surface area contributed by atoms with Gasteiger partial charge in [-0.3, -0.25) is 4.79 Å². The lowest BCUT2D eigenvalue weighted by atomic mass is 10.1. The van der Waals surface area contributed by atoms with Crippen LogP contribution in [0.1, 0.15) is 15.9 Å². The van der Waals surface area contributed by atoms with Gasteiger partial charge in [0.1, 0.15) is 5.82 Å². The van der Waals surface area contributed by atoms with Gasteiger partial charge in [-0.25, -0.2) is 4.39 Å². The zero-order chi connectivity index (χ0) is 17.6. The number of nitrogen functional groups attached to an aromatic ring is 1. The highest BCUT2D eigenvalue weighted by molar-refractivity contribution is 6.05. The Morgan fingerprint density at radius 3 is 2.28 bits per heavy atom. The molecule has 0 heterocycles. The monoisotopic (exact) mass is 335 g/mol. The second kappa shape index (κ2) is 7.49. The van der Waals surface area contributed by atoms with Crippen molar-refractivity contribution in [3.63, 3.8) is 0 Å². The minimum Gasteiger partial charge on any atom is -0.397 e. The predicted molar refractivity (Wildman–Crippen MR) is 99.0 cm³/mol. The first-order valence-electron chi connectivity index (χ1n) is 7.86. The number of carbonyl (C=O) groups excluding carboxylic acids is 1. The van der Waals surface area contributed by atoms with Crippen molar-refractivity contribution in [3.05, 3.63) is 89.7 Å². The van der Waals surface area contributed by atoms with Crippen LogP contribution in [0.5, 0.6) is 0 Å². The molecule has 0 bridgehead atoms. The number of benzene rings is 3. The Morgan fingerprint density at radius 2 is 1.60 bits per heavy atom. The summed E-state index contributed by atoms with van der Waals surface area (Å²) < 4.78 is 12.9. The van der Waals surface area contributed by atoms with Gasteiger partial charge in [-0.05, 0) is 54.1 Å². The van der Waals surface area contributed by atoms with Gasteiger partial charge >= 0.3 is 0 Å². The Morgan fingerprint density at radius 1 is 0.920 bits per heavy atom. The average molecular weight is 335 g/mol. The fourth-order valence-corrected chi connectivity index (χ4v) is 2.35. The summed E-state index contributed by atoms with van der Waals surface area (Å²) in [6, 6.07) is 20.6. The zero-order valence-electron chi connectivity index (χ0n) is 13.5. The Hall–Kier alpha value is -3.34. The van der Waals surface area contributed by atoms with Gasteiger partial charge in [0.2, 0.25) is 0 Å². The molecule has 0 saturated heterocycles. The zero-order valence-corrected chi connectivity index (χ0v) is 13.5. The molecule has 5 heteroatoms. The van der Waals surface area contributed by atoms with Crippen molar-refractivity contribution >= 4 is 23.0 Å². The van der Waals surface area contributed by atoms with Crippen LogP contribution in [0, 0.1) is 5.82 Å². The van der Waals surface area contributed by atoms with Crippen molar-refractivity contribution in [3.8, 4) is 0 Å². The number of carbonyl (C=O) groups is 1. The molecule has 3 rings (SSSR count). The van der Waals surface area contributed by atoms with E-state index in [2.05, 4.69) is 10.6 Å². The third-order valence-corrected chi connectivity index (χ3v) is 3.77. The largest absolute Gasteiger partial charge is 0.397 e. The molecule has 0 aliphatic carbocycles. The molecule has 1 amide bonds. The van der Waals surface area contributed by atoms with Gasteiger partial charge in [-0.1, -0.05) is 24.3 Å². The molecular formula is C20H18FN3O. The summed E-state index contributed by atoms with van der Waals surface area (Å²) in [5, 5.41) is 6.02.